The summed E-state index contributed by atoms with van der Waals surface area (Å²) < 4.78 is 45.6. The number of methoxy groups -OCH3 is 1. The molecule has 2 aliphatic heterocycles. The number of carbonyl (C=O) groups is 4. The molecule has 6 unspecified atom stereocenters. The van der Waals surface area contributed by atoms with Crippen molar-refractivity contribution in [2.75, 3.05) is 12.5 Å². The third-order valence-electron chi connectivity index (χ3n) is 10.8. The SMILES string of the molecule is COc1ccc(C2C3=CCC4C(=O)N(C(C)(C)C)C(=O)C4C3CC3C(=O)N(Nc4ncc(C(F)(F)F)cc4Cl)C(=O)C32c2ccc(Cl)cc2)c(O)c1. The summed E-state index contributed by atoms with van der Waals surface area (Å²) in [6.07, 6.45) is -2.25. The van der Waals surface area contributed by atoms with Gasteiger partial charge >= 0.3 is 6.18 Å². The summed E-state index contributed by atoms with van der Waals surface area (Å²) in [6, 6.07) is 11.5. The Morgan fingerprint density at radius 3 is 2.25 bits per heavy atom. The third-order valence-corrected chi connectivity index (χ3v) is 11.3. The molecule has 3 aromatic rings. The van der Waals surface area contributed by atoms with Crippen LogP contribution in [0.15, 0.2) is 66.4 Å². The average molecular weight is 758 g/mol. The van der Waals surface area contributed by atoms with Crippen molar-refractivity contribution in [1.29, 1.82) is 0 Å². The molecule has 1 aromatic heterocycles. The number of nitrogens with zero attached hydrogens (tertiary/aromatic N) is 3. The van der Waals surface area contributed by atoms with Crippen LogP contribution >= 0.6 is 23.2 Å². The van der Waals surface area contributed by atoms with Gasteiger partial charge in [0.25, 0.3) is 11.8 Å². The van der Waals surface area contributed by atoms with Gasteiger partial charge in [-0.15, -0.1) is 0 Å². The lowest BCUT2D eigenvalue weighted by molar-refractivity contribution is -0.146. The number of carbonyl (C=O) groups excluding carboxylic acids is 4. The number of allylic oxidation sites excluding steroid dienone is 2. The molecule has 2 N–H and O–H groups in total. The van der Waals surface area contributed by atoms with Crippen molar-refractivity contribution in [3.8, 4) is 11.5 Å². The van der Waals surface area contributed by atoms with E-state index in [1.165, 1.54) is 18.1 Å². The maximum atomic E-state index is 15.2. The Morgan fingerprint density at radius 2 is 1.65 bits per heavy atom. The van der Waals surface area contributed by atoms with Crippen LogP contribution in [0, 0.1) is 23.7 Å². The number of benzene rings is 2. The lowest BCUT2D eigenvalue weighted by atomic mass is 9.49. The third kappa shape index (κ3) is 5.26. The van der Waals surface area contributed by atoms with Crippen LogP contribution < -0.4 is 10.2 Å². The van der Waals surface area contributed by atoms with Gasteiger partial charge in [-0.2, -0.15) is 18.2 Å². The summed E-state index contributed by atoms with van der Waals surface area (Å²) >= 11 is 12.5. The Balaban J connectivity index is 1.45. The molecular formula is C37H33Cl2F3N4O6. The molecule has 3 heterocycles. The van der Waals surface area contributed by atoms with Crippen LogP contribution in [0.2, 0.25) is 10.0 Å². The van der Waals surface area contributed by atoms with E-state index < -0.39 is 69.1 Å². The second kappa shape index (κ2) is 12.2. The Hall–Kier alpha value is -4.62. The number of aromatic nitrogens is 1. The van der Waals surface area contributed by atoms with Gasteiger partial charge in [0, 0.05) is 34.3 Å². The quantitative estimate of drug-likeness (QED) is 0.213. The maximum Gasteiger partial charge on any atom is 0.417 e. The molecule has 0 bridgehead atoms. The Morgan fingerprint density at radius 1 is 0.962 bits per heavy atom. The van der Waals surface area contributed by atoms with Gasteiger partial charge < -0.3 is 9.84 Å². The van der Waals surface area contributed by atoms with E-state index in [4.69, 9.17) is 27.9 Å². The van der Waals surface area contributed by atoms with Gasteiger partial charge in [0.2, 0.25) is 11.8 Å². The number of phenolic OH excluding ortho intramolecular Hbond substituents is 1. The summed E-state index contributed by atoms with van der Waals surface area (Å²) in [6.45, 7) is 5.30. The van der Waals surface area contributed by atoms with Crippen LogP contribution in [-0.2, 0) is 30.8 Å². The summed E-state index contributed by atoms with van der Waals surface area (Å²) in [5, 5.41) is 12.2. The number of ether oxygens (including phenoxy) is 1. The maximum absolute atomic E-state index is 15.2. The van der Waals surface area contributed by atoms with Crippen molar-refractivity contribution in [3.63, 3.8) is 0 Å². The minimum absolute atomic E-state index is 0.0447. The number of nitrogens with one attached hydrogen (secondary N) is 1. The molecule has 15 heteroatoms. The van der Waals surface area contributed by atoms with E-state index in [1.807, 2.05) is 6.08 Å². The van der Waals surface area contributed by atoms with Crippen LogP contribution in [0.5, 0.6) is 11.5 Å². The summed E-state index contributed by atoms with van der Waals surface area (Å²) in [4.78, 5) is 63.0. The summed E-state index contributed by atoms with van der Waals surface area (Å²) in [5.74, 6) is -7.11. The molecule has 2 aromatic carbocycles. The van der Waals surface area contributed by atoms with Gasteiger partial charge in [0.05, 0.1) is 40.9 Å². The number of rotatable bonds is 5. The molecule has 2 aliphatic carbocycles. The smallest absolute Gasteiger partial charge is 0.417 e. The average Bonchev–Trinajstić information content (AvgIpc) is 3.46. The topological polar surface area (TPSA) is 129 Å². The Kier molecular flexibility index (Phi) is 8.41. The molecule has 10 nitrogen and oxygen atoms in total. The monoisotopic (exact) mass is 756 g/mol. The van der Waals surface area contributed by atoms with Gasteiger partial charge in [-0.3, -0.25) is 29.5 Å². The lowest BCUT2D eigenvalue weighted by Crippen LogP contribution is -2.53. The van der Waals surface area contributed by atoms with Gasteiger partial charge in [0.15, 0.2) is 5.82 Å². The molecule has 6 atom stereocenters. The molecule has 0 spiro atoms. The highest BCUT2D eigenvalue weighted by molar-refractivity contribution is 6.33. The highest BCUT2D eigenvalue weighted by atomic mass is 35.5. The second-order valence-electron chi connectivity index (χ2n) is 14.5. The number of fused-ring (bicyclic) bond motifs is 4. The van der Waals surface area contributed by atoms with Crippen molar-refractivity contribution in [3.05, 3.63) is 93.1 Å². The number of aromatic hydroxyl groups is 1. The molecule has 1 saturated carbocycles. The zero-order valence-electron chi connectivity index (χ0n) is 28.3. The summed E-state index contributed by atoms with van der Waals surface area (Å²) in [5.41, 5.74) is 0.0658. The van der Waals surface area contributed by atoms with Gasteiger partial charge in [-0.25, -0.2) is 4.98 Å². The first-order valence-electron chi connectivity index (χ1n) is 16.5. The first-order chi connectivity index (χ1) is 24.4. The Labute approximate surface area is 306 Å². The van der Waals surface area contributed by atoms with E-state index in [1.54, 1.807) is 57.2 Å². The predicted octanol–water partition coefficient (Wildman–Crippen LogP) is 6.90. The number of likely N-dealkylation sites (tertiary alicyclic amines) is 1. The fraction of sp³-hybridized carbons (Fsp3) is 0.378. The number of imide groups is 2. The fourth-order valence-electron chi connectivity index (χ4n) is 8.68. The van der Waals surface area contributed by atoms with Crippen LogP contribution in [0.4, 0.5) is 19.0 Å². The van der Waals surface area contributed by atoms with E-state index in [2.05, 4.69) is 10.4 Å². The molecule has 4 aliphatic rings. The van der Waals surface area contributed by atoms with Crippen LogP contribution in [-0.4, -0.2) is 56.3 Å². The van der Waals surface area contributed by atoms with Crippen molar-refractivity contribution >= 4 is 52.6 Å². The number of alkyl halides is 3. The first kappa shape index (κ1) is 35.8. The van der Waals surface area contributed by atoms with Gasteiger partial charge in [-0.05, 0) is 69.4 Å². The van der Waals surface area contributed by atoms with E-state index in [0.29, 0.717) is 39.2 Å². The molecule has 52 heavy (non-hydrogen) atoms. The molecule has 7 rings (SSSR count). The standard InChI is InChI=1S/C37H33Cl2F3N4O6/c1-35(2,3)45-31(48)23-12-11-21-24(28(23)33(45)50)15-25-32(49)46(44-30-26(39)13-18(16-43-30)37(40,41)42)34(51)36(25,17-5-7-19(38)8-6-17)29(21)22-10-9-20(52-4)14-27(22)47/h5-11,13-14,16,23-25,28-29,47H,12,15H2,1-4H3,(H,43,44). The number of hydrogen-bond donors (Lipinski definition) is 2. The molecule has 2 saturated heterocycles. The van der Waals surface area contributed by atoms with Crippen molar-refractivity contribution in [2.24, 2.45) is 23.7 Å². The largest absolute Gasteiger partial charge is 0.508 e. The zero-order valence-corrected chi connectivity index (χ0v) is 29.8. The molecule has 4 amide bonds. The number of halogens is 5. The lowest BCUT2D eigenvalue weighted by Gasteiger charge is -2.50. The fourth-order valence-corrected chi connectivity index (χ4v) is 9.02. The molecule has 0 radical (unpaired) electrons. The van der Waals surface area contributed by atoms with Crippen molar-refractivity contribution in [2.45, 2.75) is 56.7 Å². The molecule has 3 fully saturated rings. The highest BCUT2D eigenvalue weighted by Gasteiger charge is 2.71. The number of amides is 4. The first-order valence-corrected chi connectivity index (χ1v) is 17.2. The second-order valence-corrected chi connectivity index (χ2v) is 15.4. The van der Waals surface area contributed by atoms with E-state index in [9.17, 15) is 32.7 Å². The highest BCUT2D eigenvalue weighted by Crippen LogP contribution is 2.65. The summed E-state index contributed by atoms with van der Waals surface area (Å²) in [7, 11) is 1.42. The van der Waals surface area contributed by atoms with Crippen LogP contribution in [0.25, 0.3) is 0 Å². The van der Waals surface area contributed by atoms with Crippen molar-refractivity contribution in [1.82, 2.24) is 14.9 Å². The van der Waals surface area contributed by atoms with Gasteiger partial charge in [-0.1, -0.05) is 53.1 Å². The van der Waals surface area contributed by atoms with Crippen molar-refractivity contribution < 1.29 is 42.2 Å². The number of pyridine rings is 1. The number of hydrazine groups is 1. The molecular weight excluding hydrogens is 724 g/mol. The Bertz CT molecular complexity index is 2070. The number of anilines is 1. The minimum Gasteiger partial charge on any atom is -0.508 e. The van der Waals surface area contributed by atoms with Crippen LogP contribution in [0.3, 0.4) is 0 Å². The van der Waals surface area contributed by atoms with Gasteiger partial charge in [0.1, 0.15) is 11.5 Å². The number of hydrogen-bond acceptors (Lipinski definition) is 8. The zero-order chi connectivity index (χ0) is 37.7. The van der Waals surface area contributed by atoms with E-state index in [0.717, 1.165) is 0 Å². The predicted molar refractivity (Wildman–Crippen MR) is 183 cm³/mol. The minimum atomic E-state index is -4.75. The van der Waals surface area contributed by atoms with Crippen LogP contribution in [0.1, 0.15) is 56.2 Å². The molecule has 272 valence electrons. The van der Waals surface area contributed by atoms with E-state index in [-0.39, 0.29) is 41.8 Å². The normalized spacial score (nSPS) is 27.3. The number of phenols is 1. The van der Waals surface area contributed by atoms with E-state index >= 15 is 4.79 Å².